The van der Waals surface area contributed by atoms with Crippen LogP contribution in [0.3, 0.4) is 0 Å². The summed E-state index contributed by atoms with van der Waals surface area (Å²) in [7, 11) is 0. The van der Waals surface area contributed by atoms with E-state index in [0.29, 0.717) is 0 Å². The monoisotopic (exact) mass is 205 g/mol. The van der Waals surface area contributed by atoms with Crippen molar-refractivity contribution < 1.29 is 4.74 Å². The van der Waals surface area contributed by atoms with Gasteiger partial charge in [0.2, 0.25) is 0 Å². The molecule has 1 heterocycles. The molecule has 2 heteroatoms. The zero-order valence-electron chi connectivity index (χ0n) is 9.41. The fourth-order valence-corrected chi connectivity index (χ4v) is 2.02. The Morgan fingerprint density at radius 3 is 3.07 bits per heavy atom. The Labute approximate surface area is 91.9 Å². The Morgan fingerprint density at radius 2 is 2.20 bits per heavy atom. The Bertz CT molecular complexity index is 303. The lowest BCUT2D eigenvalue weighted by Crippen LogP contribution is -2.25. The first-order valence-corrected chi connectivity index (χ1v) is 5.70. The molecule has 0 spiro atoms. The minimum atomic E-state index is 0.881. The largest absolute Gasteiger partial charge is 0.380 e. The predicted octanol–water partition coefficient (Wildman–Crippen LogP) is 2.22. The van der Waals surface area contributed by atoms with Crippen molar-refractivity contribution in [3.8, 4) is 0 Å². The van der Waals surface area contributed by atoms with E-state index in [0.717, 1.165) is 39.3 Å². The molecule has 0 unspecified atom stereocenters. The molecule has 0 bridgehead atoms. The summed E-state index contributed by atoms with van der Waals surface area (Å²) in [6.45, 7) is 7.23. The van der Waals surface area contributed by atoms with Crippen LogP contribution >= 0.6 is 0 Å². The van der Waals surface area contributed by atoms with Crippen LogP contribution in [0, 0.1) is 6.92 Å². The van der Waals surface area contributed by atoms with Crippen LogP contribution in [-0.2, 0) is 11.3 Å². The van der Waals surface area contributed by atoms with E-state index in [1.54, 1.807) is 0 Å². The van der Waals surface area contributed by atoms with E-state index in [4.69, 9.17) is 4.74 Å². The minimum Gasteiger partial charge on any atom is -0.380 e. The first-order valence-electron chi connectivity index (χ1n) is 5.70. The van der Waals surface area contributed by atoms with Crippen LogP contribution in [0.25, 0.3) is 0 Å². The Hall–Kier alpha value is -0.860. The van der Waals surface area contributed by atoms with Crippen molar-refractivity contribution in [3.63, 3.8) is 0 Å². The van der Waals surface area contributed by atoms with Crippen LogP contribution in [0.2, 0.25) is 0 Å². The summed E-state index contributed by atoms with van der Waals surface area (Å²) in [4.78, 5) is 2.47. The molecular formula is C13H19NO. The van der Waals surface area contributed by atoms with E-state index in [9.17, 15) is 0 Å². The first-order chi connectivity index (χ1) is 7.34. The van der Waals surface area contributed by atoms with Crippen molar-refractivity contribution >= 4 is 0 Å². The topological polar surface area (TPSA) is 12.5 Å². The molecule has 1 fully saturated rings. The summed E-state index contributed by atoms with van der Waals surface area (Å²) in [5.74, 6) is 0. The van der Waals surface area contributed by atoms with Gasteiger partial charge in [0.15, 0.2) is 0 Å². The van der Waals surface area contributed by atoms with Crippen molar-refractivity contribution in [2.75, 3.05) is 26.3 Å². The van der Waals surface area contributed by atoms with Gasteiger partial charge in [0.1, 0.15) is 0 Å². The van der Waals surface area contributed by atoms with E-state index in [2.05, 4.69) is 36.1 Å². The molecule has 15 heavy (non-hydrogen) atoms. The lowest BCUT2D eigenvalue weighted by atomic mass is 10.1. The van der Waals surface area contributed by atoms with Crippen molar-refractivity contribution in [1.82, 2.24) is 4.90 Å². The average Bonchev–Trinajstić information content (AvgIpc) is 2.46. The maximum absolute atomic E-state index is 5.44. The fourth-order valence-electron chi connectivity index (χ4n) is 2.02. The highest BCUT2D eigenvalue weighted by Gasteiger charge is 2.09. The summed E-state index contributed by atoms with van der Waals surface area (Å²) in [5.41, 5.74) is 2.76. The number of aryl methyl sites for hydroxylation is 1. The highest BCUT2D eigenvalue weighted by atomic mass is 16.5. The second-order valence-corrected chi connectivity index (χ2v) is 4.23. The summed E-state index contributed by atoms with van der Waals surface area (Å²) >= 11 is 0. The second kappa shape index (κ2) is 5.29. The zero-order chi connectivity index (χ0) is 10.5. The smallest absolute Gasteiger partial charge is 0.0593 e. The third kappa shape index (κ3) is 3.33. The molecule has 2 rings (SSSR count). The van der Waals surface area contributed by atoms with Crippen molar-refractivity contribution in [2.45, 2.75) is 19.9 Å². The average molecular weight is 205 g/mol. The maximum atomic E-state index is 5.44. The number of nitrogens with zero attached hydrogens (tertiary/aromatic N) is 1. The van der Waals surface area contributed by atoms with E-state index >= 15 is 0 Å². The molecule has 0 amide bonds. The van der Waals surface area contributed by atoms with Gasteiger partial charge in [-0.2, -0.15) is 0 Å². The molecule has 1 aliphatic heterocycles. The van der Waals surface area contributed by atoms with Crippen LogP contribution in [0.1, 0.15) is 17.5 Å². The van der Waals surface area contributed by atoms with Gasteiger partial charge in [-0.3, -0.25) is 4.90 Å². The van der Waals surface area contributed by atoms with Gasteiger partial charge in [-0.15, -0.1) is 0 Å². The molecule has 0 atom stereocenters. The second-order valence-electron chi connectivity index (χ2n) is 4.23. The van der Waals surface area contributed by atoms with Crippen LogP contribution < -0.4 is 0 Å². The Kier molecular flexibility index (Phi) is 3.75. The standard InChI is InChI=1S/C13H19NO/c1-12-4-2-5-13(10-12)11-14-6-3-8-15-9-7-14/h2,4-5,10H,3,6-9,11H2,1H3. The predicted molar refractivity (Wildman–Crippen MR) is 61.9 cm³/mol. The Morgan fingerprint density at radius 1 is 1.27 bits per heavy atom. The van der Waals surface area contributed by atoms with E-state index in [1.165, 1.54) is 11.1 Å². The van der Waals surface area contributed by atoms with Gasteiger partial charge in [-0.05, 0) is 18.9 Å². The summed E-state index contributed by atoms with van der Waals surface area (Å²) in [5, 5.41) is 0. The highest BCUT2D eigenvalue weighted by molar-refractivity contribution is 5.22. The van der Waals surface area contributed by atoms with Gasteiger partial charge < -0.3 is 4.74 Å². The molecule has 2 nitrogen and oxygen atoms in total. The van der Waals surface area contributed by atoms with Gasteiger partial charge >= 0.3 is 0 Å². The van der Waals surface area contributed by atoms with E-state index in [1.807, 2.05) is 0 Å². The molecule has 0 aliphatic carbocycles. The zero-order valence-corrected chi connectivity index (χ0v) is 9.41. The molecule has 1 aromatic carbocycles. The van der Waals surface area contributed by atoms with Gasteiger partial charge in [0.05, 0.1) is 6.61 Å². The third-order valence-electron chi connectivity index (χ3n) is 2.80. The first kappa shape index (κ1) is 10.7. The van der Waals surface area contributed by atoms with Gasteiger partial charge in [-0.1, -0.05) is 29.8 Å². The molecular weight excluding hydrogens is 186 g/mol. The van der Waals surface area contributed by atoms with Gasteiger partial charge in [-0.25, -0.2) is 0 Å². The SMILES string of the molecule is Cc1cccc(CN2CCCOCC2)c1. The van der Waals surface area contributed by atoms with Crippen molar-refractivity contribution in [1.29, 1.82) is 0 Å². The lowest BCUT2D eigenvalue weighted by Gasteiger charge is -2.19. The number of rotatable bonds is 2. The number of hydrogen-bond donors (Lipinski definition) is 0. The third-order valence-corrected chi connectivity index (χ3v) is 2.80. The molecule has 0 saturated carbocycles. The number of ether oxygens (including phenoxy) is 1. The van der Waals surface area contributed by atoms with Crippen molar-refractivity contribution in [3.05, 3.63) is 35.4 Å². The molecule has 1 aromatic rings. The Balaban J connectivity index is 1.95. The normalized spacial score (nSPS) is 18.7. The summed E-state index contributed by atoms with van der Waals surface area (Å²) in [6.07, 6.45) is 1.16. The van der Waals surface area contributed by atoms with Gasteiger partial charge in [0.25, 0.3) is 0 Å². The highest BCUT2D eigenvalue weighted by Crippen LogP contribution is 2.09. The van der Waals surface area contributed by atoms with Crippen LogP contribution in [0.15, 0.2) is 24.3 Å². The molecule has 1 saturated heterocycles. The van der Waals surface area contributed by atoms with E-state index in [-0.39, 0.29) is 0 Å². The molecule has 0 aromatic heterocycles. The fraction of sp³-hybridized carbons (Fsp3) is 0.538. The van der Waals surface area contributed by atoms with Crippen LogP contribution in [-0.4, -0.2) is 31.2 Å². The quantitative estimate of drug-likeness (QED) is 0.734. The molecule has 0 N–H and O–H groups in total. The summed E-state index contributed by atoms with van der Waals surface area (Å²) in [6, 6.07) is 8.76. The molecule has 82 valence electrons. The number of hydrogen-bond acceptors (Lipinski definition) is 2. The minimum absolute atomic E-state index is 0.881. The van der Waals surface area contributed by atoms with E-state index < -0.39 is 0 Å². The van der Waals surface area contributed by atoms with Gasteiger partial charge in [0, 0.05) is 26.2 Å². The van der Waals surface area contributed by atoms with Crippen molar-refractivity contribution in [2.24, 2.45) is 0 Å². The van der Waals surface area contributed by atoms with Crippen LogP contribution in [0.4, 0.5) is 0 Å². The van der Waals surface area contributed by atoms with Crippen LogP contribution in [0.5, 0.6) is 0 Å². The summed E-state index contributed by atoms with van der Waals surface area (Å²) < 4.78 is 5.44. The lowest BCUT2D eigenvalue weighted by molar-refractivity contribution is 0.140. The maximum Gasteiger partial charge on any atom is 0.0593 e. The molecule has 0 radical (unpaired) electrons. The number of benzene rings is 1. The molecule has 1 aliphatic rings.